The molecule has 0 amide bonds. The molecule has 2 nitrogen and oxygen atoms in total. The fourth-order valence-corrected chi connectivity index (χ4v) is 8.89. The van der Waals surface area contributed by atoms with Crippen LogP contribution >= 0.6 is 0 Å². The molecular weight excluding hydrogens is 641 g/mol. The van der Waals surface area contributed by atoms with E-state index >= 15 is 0 Å². The first-order valence-corrected chi connectivity index (χ1v) is 18.5. The largest absolute Gasteiger partial charge is 0.296 e. The lowest BCUT2D eigenvalue weighted by atomic mass is 9.89. The first-order chi connectivity index (χ1) is 26.2. The van der Waals surface area contributed by atoms with E-state index in [0.29, 0.717) is 0 Å². The number of nitrogens with zero attached hydrogens (tertiary/aromatic N) is 2. The number of hydrogen-bond donors (Lipinski definition) is 0. The number of aromatic nitrogens is 2. The van der Waals surface area contributed by atoms with Crippen LogP contribution in [0, 0.1) is 0 Å². The summed E-state index contributed by atoms with van der Waals surface area (Å²) < 4.78 is 2.34. The topological polar surface area (TPSA) is 17.8 Å². The second-order valence-corrected chi connectivity index (χ2v) is 14.1. The Morgan fingerprint density at radius 2 is 0.981 bits per heavy atom. The summed E-state index contributed by atoms with van der Waals surface area (Å²) in [6.07, 6.45) is 0.861. The standard InChI is InChI=1S/C51H34N2/c1-2-49-52-46-19-7-8-20-48(46)53(49)47-30-29-37(38-13-5-6-16-42(38)47)33-23-21-32(22-24-33)36-27-28-41-44-18-10-12-35-26-25-34-11-9-17-43(50(34)51(35)44)39-14-3-4-15-40(39)45(41)31-36/h3-31H,2H2,1H3. The summed E-state index contributed by atoms with van der Waals surface area (Å²) in [5.41, 5.74) is 8.19. The maximum atomic E-state index is 4.97. The molecule has 11 rings (SSSR count). The summed E-state index contributed by atoms with van der Waals surface area (Å²) in [7, 11) is 0. The van der Waals surface area contributed by atoms with Gasteiger partial charge in [0.15, 0.2) is 0 Å². The van der Waals surface area contributed by atoms with E-state index in [1.54, 1.807) is 0 Å². The average Bonchev–Trinajstić information content (AvgIpc) is 3.61. The summed E-state index contributed by atoms with van der Waals surface area (Å²) in [4.78, 5) is 4.97. The Morgan fingerprint density at radius 1 is 0.415 bits per heavy atom. The minimum Gasteiger partial charge on any atom is -0.296 e. The second-order valence-electron chi connectivity index (χ2n) is 14.1. The van der Waals surface area contributed by atoms with Crippen LogP contribution in [0.2, 0.25) is 0 Å². The van der Waals surface area contributed by atoms with Gasteiger partial charge in [0, 0.05) is 11.8 Å². The van der Waals surface area contributed by atoms with Crippen molar-refractivity contribution in [2.45, 2.75) is 13.3 Å². The SMILES string of the molecule is CCc1nc2ccccc2n1-c1ccc(-c2ccc(-c3ccc4c(c3)c3ccccc3c3cccc5ccc6cccc4c6c53)cc2)c2ccccc12. The van der Waals surface area contributed by atoms with Crippen molar-refractivity contribution in [1.82, 2.24) is 9.55 Å². The van der Waals surface area contributed by atoms with Crippen molar-refractivity contribution in [3.8, 4) is 27.9 Å². The van der Waals surface area contributed by atoms with Crippen molar-refractivity contribution in [3.05, 3.63) is 182 Å². The molecule has 2 heteroatoms. The van der Waals surface area contributed by atoms with Crippen LogP contribution in [-0.4, -0.2) is 9.55 Å². The summed E-state index contributed by atoms with van der Waals surface area (Å²) in [5, 5.41) is 15.3. The van der Waals surface area contributed by atoms with Crippen molar-refractivity contribution in [1.29, 1.82) is 0 Å². The van der Waals surface area contributed by atoms with E-state index in [2.05, 4.69) is 187 Å². The molecule has 0 spiro atoms. The Balaban J connectivity index is 1.08. The van der Waals surface area contributed by atoms with Gasteiger partial charge in [-0.1, -0.05) is 159 Å². The first kappa shape index (κ1) is 29.9. The van der Waals surface area contributed by atoms with E-state index in [9.17, 15) is 0 Å². The molecule has 0 aliphatic carbocycles. The average molecular weight is 675 g/mol. The molecule has 0 N–H and O–H groups in total. The van der Waals surface area contributed by atoms with Crippen LogP contribution in [0.1, 0.15) is 12.7 Å². The number of rotatable bonds is 4. The van der Waals surface area contributed by atoms with Gasteiger partial charge < -0.3 is 0 Å². The summed E-state index contributed by atoms with van der Waals surface area (Å²) in [6.45, 7) is 2.18. The van der Waals surface area contributed by atoms with E-state index < -0.39 is 0 Å². The molecule has 0 fully saturated rings. The van der Waals surface area contributed by atoms with E-state index in [0.717, 1.165) is 23.3 Å². The molecule has 1 aromatic heterocycles. The number of imidazole rings is 1. The highest BCUT2D eigenvalue weighted by Gasteiger charge is 2.16. The molecular formula is C51H34N2. The highest BCUT2D eigenvalue weighted by Crippen LogP contribution is 2.41. The van der Waals surface area contributed by atoms with Gasteiger partial charge in [-0.05, 0) is 106 Å². The minimum absolute atomic E-state index is 0.861. The zero-order valence-corrected chi connectivity index (χ0v) is 29.3. The third kappa shape index (κ3) is 4.49. The third-order valence-corrected chi connectivity index (χ3v) is 11.3. The van der Waals surface area contributed by atoms with Gasteiger partial charge in [-0.15, -0.1) is 0 Å². The second kappa shape index (κ2) is 11.6. The fourth-order valence-electron chi connectivity index (χ4n) is 8.89. The lowest BCUT2D eigenvalue weighted by molar-refractivity contribution is 0.913. The van der Waals surface area contributed by atoms with Crippen molar-refractivity contribution in [2.75, 3.05) is 0 Å². The maximum Gasteiger partial charge on any atom is 0.114 e. The normalized spacial score (nSPS) is 11.9. The molecule has 0 aliphatic rings. The highest BCUT2D eigenvalue weighted by atomic mass is 15.1. The van der Waals surface area contributed by atoms with Crippen molar-refractivity contribution < 1.29 is 0 Å². The van der Waals surface area contributed by atoms with Crippen LogP contribution in [0.15, 0.2) is 176 Å². The van der Waals surface area contributed by atoms with Crippen LogP contribution in [0.5, 0.6) is 0 Å². The van der Waals surface area contributed by atoms with Gasteiger partial charge in [-0.3, -0.25) is 4.57 Å². The molecule has 0 saturated heterocycles. The predicted octanol–water partition coefficient (Wildman–Crippen LogP) is 13.8. The zero-order valence-electron chi connectivity index (χ0n) is 29.3. The summed E-state index contributed by atoms with van der Waals surface area (Å²) >= 11 is 0. The number of para-hydroxylation sites is 2. The smallest absolute Gasteiger partial charge is 0.114 e. The number of aryl methyl sites for hydroxylation is 1. The number of fused-ring (bicyclic) bond motifs is 7. The van der Waals surface area contributed by atoms with Crippen LogP contribution in [-0.2, 0) is 6.42 Å². The van der Waals surface area contributed by atoms with Gasteiger partial charge in [0.25, 0.3) is 0 Å². The van der Waals surface area contributed by atoms with Crippen molar-refractivity contribution >= 4 is 75.7 Å². The number of hydrogen-bond acceptors (Lipinski definition) is 1. The van der Waals surface area contributed by atoms with Crippen molar-refractivity contribution in [2.24, 2.45) is 0 Å². The van der Waals surface area contributed by atoms with Crippen molar-refractivity contribution in [3.63, 3.8) is 0 Å². The lowest BCUT2D eigenvalue weighted by Crippen LogP contribution is -2.01. The highest BCUT2D eigenvalue weighted by molar-refractivity contribution is 6.32. The minimum atomic E-state index is 0.861. The molecule has 0 atom stereocenters. The molecule has 0 aliphatic heterocycles. The molecule has 11 aromatic rings. The van der Waals surface area contributed by atoms with Gasteiger partial charge in [0.05, 0.1) is 16.7 Å². The Kier molecular flexibility index (Phi) is 6.56. The van der Waals surface area contributed by atoms with Crippen LogP contribution in [0.4, 0.5) is 0 Å². The van der Waals surface area contributed by atoms with Gasteiger partial charge >= 0.3 is 0 Å². The van der Waals surface area contributed by atoms with Crippen LogP contribution in [0.25, 0.3) is 104 Å². The third-order valence-electron chi connectivity index (χ3n) is 11.3. The van der Waals surface area contributed by atoms with Crippen LogP contribution in [0.3, 0.4) is 0 Å². The Hall–Kier alpha value is -6.77. The van der Waals surface area contributed by atoms with Crippen LogP contribution < -0.4 is 0 Å². The van der Waals surface area contributed by atoms with Gasteiger partial charge in [-0.25, -0.2) is 4.98 Å². The lowest BCUT2D eigenvalue weighted by Gasteiger charge is -2.15. The van der Waals surface area contributed by atoms with E-state index in [1.807, 2.05) is 0 Å². The fraction of sp³-hybridized carbons (Fsp3) is 0.0392. The zero-order chi connectivity index (χ0) is 35.0. The Labute approximate surface area is 307 Å². The van der Waals surface area contributed by atoms with Gasteiger partial charge in [0.1, 0.15) is 5.82 Å². The monoisotopic (exact) mass is 674 g/mol. The molecule has 248 valence electrons. The van der Waals surface area contributed by atoms with E-state index in [-0.39, 0.29) is 0 Å². The Bertz CT molecular complexity index is 3260. The van der Waals surface area contributed by atoms with Gasteiger partial charge in [-0.2, -0.15) is 0 Å². The molecule has 0 saturated carbocycles. The molecule has 53 heavy (non-hydrogen) atoms. The molecule has 0 bridgehead atoms. The quantitative estimate of drug-likeness (QED) is 0.170. The maximum absolute atomic E-state index is 4.97. The summed E-state index contributed by atoms with van der Waals surface area (Å²) in [6, 6.07) is 64.9. The first-order valence-electron chi connectivity index (χ1n) is 18.5. The summed E-state index contributed by atoms with van der Waals surface area (Å²) in [5.74, 6) is 1.07. The Morgan fingerprint density at radius 3 is 1.70 bits per heavy atom. The molecule has 0 unspecified atom stereocenters. The molecule has 0 radical (unpaired) electrons. The predicted molar refractivity (Wildman–Crippen MR) is 226 cm³/mol. The van der Waals surface area contributed by atoms with E-state index in [4.69, 9.17) is 4.98 Å². The molecule has 1 heterocycles. The van der Waals surface area contributed by atoms with E-state index in [1.165, 1.54) is 92.6 Å². The van der Waals surface area contributed by atoms with Gasteiger partial charge in [0.2, 0.25) is 0 Å². The number of benzene rings is 9. The molecule has 10 aromatic carbocycles.